The molecular formula is C35H28IrN6O-4. The van der Waals surface area contributed by atoms with E-state index in [-0.39, 0.29) is 20.1 Å². The van der Waals surface area contributed by atoms with Gasteiger partial charge in [0.1, 0.15) is 17.2 Å². The third kappa shape index (κ3) is 5.36. The van der Waals surface area contributed by atoms with Crippen LogP contribution in [0.25, 0.3) is 33.2 Å². The molecule has 7 nitrogen and oxygen atoms in total. The van der Waals surface area contributed by atoms with E-state index in [9.17, 15) is 0 Å². The van der Waals surface area contributed by atoms with Gasteiger partial charge < -0.3 is 24.0 Å². The summed E-state index contributed by atoms with van der Waals surface area (Å²) in [6, 6.07) is 34.7. The number of anilines is 4. The van der Waals surface area contributed by atoms with Crippen LogP contribution in [0, 0.1) is 32.4 Å². The van der Waals surface area contributed by atoms with Crippen LogP contribution in [0.5, 0.6) is 0 Å². The second-order valence-electron chi connectivity index (χ2n) is 10.2. The number of aromatic nitrogens is 2. The summed E-state index contributed by atoms with van der Waals surface area (Å²) in [5.41, 5.74) is 6.88. The monoisotopic (exact) mass is 741 g/mol. The van der Waals surface area contributed by atoms with E-state index in [1.54, 1.807) is 0 Å². The molecule has 0 atom stereocenters. The second kappa shape index (κ2) is 11.9. The zero-order valence-corrected chi connectivity index (χ0v) is 26.3. The Labute approximate surface area is 265 Å². The first-order chi connectivity index (χ1) is 20.6. The summed E-state index contributed by atoms with van der Waals surface area (Å²) in [6.07, 6.45) is 5.83. The Balaban J connectivity index is 0.000000152. The first kappa shape index (κ1) is 28.5. The Hall–Kier alpha value is -4.65. The number of para-hydroxylation sites is 2. The SMILES string of the molecule is CN1C=CN(c2[c-]ccc3c2oc2ccccc23)[CH-]1.Cc1ccccc1-c1cnc2c(n1)N(C)[CH-]N2c1[c-]cccc1.[Ir]. The molecule has 8 rings (SSSR count). The number of benzene rings is 4. The third-order valence-electron chi connectivity index (χ3n) is 7.31. The zero-order chi connectivity index (χ0) is 28.6. The Kier molecular flexibility index (Phi) is 7.89. The maximum absolute atomic E-state index is 5.99. The van der Waals surface area contributed by atoms with Crippen LogP contribution in [0.3, 0.4) is 0 Å². The van der Waals surface area contributed by atoms with Gasteiger partial charge in [0.15, 0.2) is 0 Å². The summed E-state index contributed by atoms with van der Waals surface area (Å²) in [7, 11) is 3.98. The third-order valence-corrected chi connectivity index (χ3v) is 7.31. The number of aryl methyl sites for hydroxylation is 1. The summed E-state index contributed by atoms with van der Waals surface area (Å²) in [4.78, 5) is 17.5. The van der Waals surface area contributed by atoms with Gasteiger partial charge in [0.05, 0.1) is 11.9 Å². The summed E-state index contributed by atoms with van der Waals surface area (Å²) in [5.74, 6) is 1.68. The molecule has 8 heteroatoms. The molecule has 0 aliphatic carbocycles. The van der Waals surface area contributed by atoms with Crippen molar-refractivity contribution in [1.29, 1.82) is 0 Å². The van der Waals surface area contributed by atoms with E-state index in [2.05, 4.69) is 42.2 Å². The second-order valence-corrected chi connectivity index (χ2v) is 10.2. The molecule has 6 aromatic rings. The summed E-state index contributed by atoms with van der Waals surface area (Å²) in [6.45, 7) is 6.07. The number of rotatable bonds is 3. The first-order valence-electron chi connectivity index (χ1n) is 13.7. The number of furan rings is 1. The quantitative estimate of drug-likeness (QED) is 0.173. The molecule has 2 aliphatic heterocycles. The summed E-state index contributed by atoms with van der Waals surface area (Å²) < 4.78 is 5.99. The molecule has 0 saturated carbocycles. The molecule has 0 N–H and O–H groups in total. The van der Waals surface area contributed by atoms with Crippen LogP contribution in [0.15, 0.2) is 108 Å². The number of hydrogen-bond donors (Lipinski definition) is 0. The Morgan fingerprint density at radius 1 is 0.791 bits per heavy atom. The molecule has 43 heavy (non-hydrogen) atoms. The average molecular weight is 741 g/mol. The normalized spacial score (nSPS) is 13.7. The molecular weight excluding hydrogens is 713 g/mol. The van der Waals surface area contributed by atoms with E-state index in [0.717, 1.165) is 56.2 Å². The van der Waals surface area contributed by atoms with Gasteiger partial charge in [-0.25, -0.2) is 9.97 Å². The molecule has 0 saturated heterocycles. The number of nitrogens with zero attached hydrogens (tertiary/aromatic N) is 6. The standard InChI is InChI=1S/C19H16N4.C16H12N2O.Ir/c1-14-8-6-7-11-16(14)17-12-20-18-19(21-17)22(2)13-23(18)15-9-4-3-5-10-15;1-17-9-10-18(11-17)14-7-4-6-13-12-5-2-3-8-15(12)19-16(13)14;/h3-9,11-13H,1-2H3;2-6,8-11H,1H3;/q2*-2;. The minimum absolute atomic E-state index is 0. The smallest absolute Gasteiger partial charge is 0.144 e. The summed E-state index contributed by atoms with van der Waals surface area (Å²) >= 11 is 0. The molecule has 0 unspecified atom stereocenters. The van der Waals surface area contributed by atoms with E-state index in [1.165, 1.54) is 5.56 Å². The average Bonchev–Trinajstić information content (AvgIpc) is 3.73. The molecule has 0 fully saturated rings. The minimum Gasteiger partial charge on any atom is -0.514 e. The van der Waals surface area contributed by atoms with Crippen molar-refractivity contribution in [2.75, 3.05) is 28.8 Å². The summed E-state index contributed by atoms with van der Waals surface area (Å²) in [5, 5.41) is 2.27. The van der Waals surface area contributed by atoms with Crippen molar-refractivity contribution in [3.05, 3.63) is 135 Å². The van der Waals surface area contributed by atoms with Crippen molar-refractivity contribution >= 4 is 44.9 Å². The van der Waals surface area contributed by atoms with E-state index in [0.29, 0.717) is 0 Å². The molecule has 2 aliphatic rings. The fourth-order valence-electron chi connectivity index (χ4n) is 5.21. The first-order valence-corrected chi connectivity index (χ1v) is 13.7. The molecule has 2 aromatic heterocycles. The topological polar surface area (TPSA) is 51.9 Å². The molecule has 4 heterocycles. The van der Waals surface area contributed by atoms with Gasteiger partial charge in [0.2, 0.25) is 0 Å². The fraction of sp³-hybridized carbons (Fsp3) is 0.0857. The predicted molar refractivity (Wildman–Crippen MR) is 169 cm³/mol. The van der Waals surface area contributed by atoms with Crippen LogP contribution in [-0.4, -0.2) is 29.0 Å². The van der Waals surface area contributed by atoms with Crippen LogP contribution >= 0.6 is 0 Å². The number of fused-ring (bicyclic) bond motifs is 4. The van der Waals surface area contributed by atoms with Gasteiger partial charge in [-0.1, -0.05) is 53.5 Å². The Bertz CT molecular complexity index is 1920. The van der Waals surface area contributed by atoms with Gasteiger partial charge in [-0.15, -0.1) is 12.4 Å². The van der Waals surface area contributed by atoms with Gasteiger partial charge in [-0.2, -0.15) is 55.2 Å². The van der Waals surface area contributed by atoms with Gasteiger partial charge in [0.25, 0.3) is 0 Å². The largest absolute Gasteiger partial charge is 0.514 e. The van der Waals surface area contributed by atoms with Gasteiger partial charge >= 0.3 is 0 Å². The van der Waals surface area contributed by atoms with E-state index in [1.807, 2.05) is 132 Å². The van der Waals surface area contributed by atoms with Crippen LogP contribution in [0.1, 0.15) is 5.56 Å². The van der Waals surface area contributed by atoms with Crippen molar-refractivity contribution in [2.24, 2.45) is 0 Å². The van der Waals surface area contributed by atoms with Gasteiger partial charge in [-0.05, 0) is 45.0 Å². The van der Waals surface area contributed by atoms with Crippen LogP contribution < -0.4 is 14.7 Å². The molecule has 0 amide bonds. The Morgan fingerprint density at radius 3 is 2.40 bits per heavy atom. The molecule has 1 radical (unpaired) electrons. The van der Waals surface area contributed by atoms with Crippen molar-refractivity contribution < 1.29 is 24.5 Å². The van der Waals surface area contributed by atoms with Crippen molar-refractivity contribution in [1.82, 2.24) is 14.9 Å². The molecule has 0 spiro atoms. The van der Waals surface area contributed by atoms with Gasteiger partial charge in [-0.3, -0.25) is 0 Å². The van der Waals surface area contributed by atoms with Crippen LogP contribution in [-0.2, 0) is 20.1 Å². The predicted octanol–water partition coefficient (Wildman–Crippen LogP) is 7.69. The van der Waals surface area contributed by atoms with E-state index >= 15 is 0 Å². The van der Waals surface area contributed by atoms with Gasteiger partial charge in [0, 0.05) is 36.6 Å². The van der Waals surface area contributed by atoms with Crippen molar-refractivity contribution in [3.8, 4) is 11.3 Å². The minimum atomic E-state index is 0. The van der Waals surface area contributed by atoms with Crippen molar-refractivity contribution in [2.45, 2.75) is 6.92 Å². The molecule has 4 aromatic carbocycles. The number of hydrogen-bond acceptors (Lipinski definition) is 7. The fourth-order valence-corrected chi connectivity index (χ4v) is 5.21. The van der Waals surface area contributed by atoms with Crippen molar-refractivity contribution in [3.63, 3.8) is 0 Å². The molecule has 0 bridgehead atoms. The van der Waals surface area contributed by atoms with E-state index < -0.39 is 0 Å². The van der Waals surface area contributed by atoms with E-state index in [4.69, 9.17) is 9.40 Å². The maximum atomic E-state index is 5.99. The van der Waals surface area contributed by atoms with Crippen LogP contribution in [0.4, 0.5) is 23.0 Å². The van der Waals surface area contributed by atoms with Crippen LogP contribution in [0.2, 0.25) is 0 Å². The maximum Gasteiger partial charge on any atom is 0.144 e. The molecule has 217 valence electrons. The Morgan fingerprint density at radius 2 is 1.60 bits per heavy atom. The zero-order valence-electron chi connectivity index (χ0n) is 23.9.